The molecule has 118 valence electrons. The maximum atomic E-state index is 12.4. The van der Waals surface area contributed by atoms with Gasteiger partial charge < -0.3 is 10.5 Å². The number of sulfonamides is 1. The largest absolute Gasteiger partial charge is 0.385 e. The van der Waals surface area contributed by atoms with Crippen molar-refractivity contribution in [1.82, 2.24) is 4.72 Å². The van der Waals surface area contributed by atoms with Gasteiger partial charge in [-0.05, 0) is 54.9 Å². The molecule has 1 aliphatic carbocycles. The van der Waals surface area contributed by atoms with E-state index in [0.717, 1.165) is 30.4 Å². The number of methoxy groups -OCH3 is 1. The molecule has 0 heterocycles. The summed E-state index contributed by atoms with van der Waals surface area (Å²) < 4.78 is 32.5. The SMILES string of the molecule is COCCC1(CNS(=O)(=O)c2ccc(CN)c(C)c2)CC1. The number of hydrogen-bond acceptors (Lipinski definition) is 4. The van der Waals surface area contributed by atoms with Crippen LogP contribution in [0.4, 0.5) is 0 Å². The highest BCUT2D eigenvalue weighted by Crippen LogP contribution is 2.48. The number of hydrogen-bond donors (Lipinski definition) is 2. The fraction of sp³-hybridized carbons (Fsp3) is 0.600. The Morgan fingerprint density at radius 2 is 2.10 bits per heavy atom. The Labute approximate surface area is 126 Å². The molecule has 0 aromatic heterocycles. The third kappa shape index (κ3) is 4.03. The Bertz CT molecular complexity index is 595. The van der Waals surface area contributed by atoms with E-state index in [9.17, 15) is 8.42 Å². The molecule has 0 aliphatic heterocycles. The third-order valence-corrected chi connectivity index (χ3v) is 5.67. The zero-order valence-electron chi connectivity index (χ0n) is 12.7. The molecule has 5 nitrogen and oxygen atoms in total. The molecule has 3 N–H and O–H groups in total. The van der Waals surface area contributed by atoms with E-state index in [0.29, 0.717) is 24.6 Å². The molecule has 2 rings (SSSR count). The van der Waals surface area contributed by atoms with Crippen LogP contribution in [0.2, 0.25) is 0 Å². The van der Waals surface area contributed by atoms with Gasteiger partial charge in [-0.2, -0.15) is 0 Å². The highest BCUT2D eigenvalue weighted by Gasteiger charge is 2.42. The smallest absolute Gasteiger partial charge is 0.240 e. The van der Waals surface area contributed by atoms with Gasteiger partial charge >= 0.3 is 0 Å². The first-order valence-corrected chi connectivity index (χ1v) is 8.69. The van der Waals surface area contributed by atoms with Crippen molar-refractivity contribution in [1.29, 1.82) is 0 Å². The summed E-state index contributed by atoms with van der Waals surface area (Å²) in [4.78, 5) is 0.305. The maximum absolute atomic E-state index is 12.4. The molecule has 0 spiro atoms. The van der Waals surface area contributed by atoms with Crippen LogP contribution in [0, 0.1) is 12.3 Å². The van der Waals surface area contributed by atoms with Crippen molar-refractivity contribution in [3.8, 4) is 0 Å². The second kappa shape index (κ2) is 6.44. The van der Waals surface area contributed by atoms with E-state index < -0.39 is 10.0 Å². The van der Waals surface area contributed by atoms with E-state index in [-0.39, 0.29) is 5.41 Å². The van der Waals surface area contributed by atoms with Crippen molar-refractivity contribution in [2.75, 3.05) is 20.3 Å². The third-order valence-electron chi connectivity index (χ3n) is 4.28. The maximum Gasteiger partial charge on any atom is 0.240 e. The highest BCUT2D eigenvalue weighted by molar-refractivity contribution is 7.89. The molecule has 0 saturated heterocycles. The van der Waals surface area contributed by atoms with E-state index in [4.69, 9.17) is 10.5 Å². The zero-order valence-corrected chi connectivity index (χ0v) is 13.5. The molecule has 1 aromatic rings. The fourth-order valence-corrected chi connectivity index (χ4v) is 3.65. The van der Waals surface area contributed by atoms with Crippen molar-refractivity contribution in [3.05, 3.63) is 29.3 Å². The Morgan fingerprint density at radius 3 is 2.62 bits per heavy atom. The monoisotopic (exact) mass is 312 g/mol. The predicted molar refractivity (Wildman–Crippen MR) is 82.4 cm³/mol. The van der Waals surface area contributed by atoms with Gasteiger partial charge in [-0.3, -0.25) is 0 Å². The molecule has 0 unspecified atom stereocenters. The fourth-order valence-electron chi connectivity index (χ4n) is 2.41. The molecule has 1 fully saturated rings. The van der Waals surface area contributed by atoms with Gasteiger partial charge in [0.25, 0.3) is 0 Å². The summed E-state index contributed by atoms with van der Waals surface area (Å²) >= 11 is 0. The van der Waals surface area contributed by atoms with Crippen LogP contribution in [0.25, 0.3) is 0 Å². The Hall–Kier alpha value is -0.950. The lowest BCUT2D eigenvalue weighted by atomic mass is 10.0. The molecular formula is C15H24N2O3S. The van der Waals surface area contributed by atoms with Crippen LogP contribution < -0.4 is 10.5 Å². The summed E-state index contributed by atoms with van der Waals surface area (Å²) in [6.07, 6.45) is 3.02. The Balaban J connectivity index is 2.03. The first kappa shape index (κ1) is 16.4. The van der Waals surface area contributed by atoms with Gasteiger partial charge in [0.15, 0.2) is 0 Å². The number of benzene rings is 1. The van der Waals surface area contributed by atoms with Crippen molar-refractivity contribution in [3.63, 3.8) is 0 Å². The highest BCUT2D eigenvalue weighted by atomic mass is 32.2. The van der Waals surface area contributed by atoms with Crippen LogP contribution >= 0.6 is 0 Å². The van der Waals surface area contributed by atoms with E-state index in [1.54, 1.807) is 25.3 Å². The van der Waals surface area contributed by atoms with Crippen LogP contribution in [0.1, 0.15) is 30.4 Å². The van der Waals surface area contributed by atoms with Crippen LogP contribution in [-0.4, -0.2) is 28.7 Å². The lowest BCUT2D eigenvalue weighted by Crippen LogP contribution is -2.31. The summed E-state index contributed by atoms with van der Waals surface area (Å²) in [6, 6.07) is 5.08. The topological polar surface area (TPSA) is 81.4 Å². The summed E-state index contributed by atoms with van der Waals surface area (Å²) in [5, 5.41) is 0. The molecule has 0 atom stereocenters. The van der Waals surface area contributed by atoms with Gasteiger partial charge in [-0.1, -0.05) is 6.07 Å². The second-order valence-electron chi connectivity index (χ2n) is 5.86. The van der Waals surface area contributed by atoms with Crippen molar-refractivity contribution < 1.29 is 13.2 Å². The molecule has 0 bridgehead atoms. The molecule has 6 heteroatoms. The van der Waals surface area contributed by atoms with Crippen LogP contribution in [0.15, 0.2) is 23.1 Å². The van der Waals surface area contributed by atoms with Gasteiger partial charge in [-0.25, -0.2) is 13.1 Å². The number of nitrogens with two attached hydrogens (primary N) is 1. The van der Waals surface area contributed by atoms with E-state index in [1.165, 1.54) is 0 Å². The van der Waals surface area contributed by atoms with E-state index in [2.05, 4.69) is 4.72 Å². The number of aryl methyl sites for hydroxylation is 1. The van der Waals surface area contributed by atoms with E-state index >= 15 is 0 Å². The summed E-state index contributed by atoms with van der Waals surface area (Å²) in [5.74, 6) is 0. The van der Waals surface area contributed by atoms with Crippen molar-refractivity contribution in [2.24, 2.45) is 11.1 Å². The lowest BCUT2D eigenvalue weighted by molar-refractivity contribution is 0.173. The van der Waals surface area contributed by atoms with Crippen LogP contribution in [0.5, 0.6) is 0 Å². The van der Waals surface area contributed by atoms with Crippen molar-refractivity contribution >= 4 is 10.0 Å². The normalized spacial score (nSPS) is 16.9. The zero-order chi connectivity index (χ0) is 15.5. The minimum atomic E-state index is -3.46. The van der Waals surface area contributed by atoms with Gasteiger partial charge in [0, 0.05) is 26.8 Å². The molecule has 1 aliphatic rings. The molecule has 21 heavy (non-hydrogen) atoms. The quantitative estimate of drug-likeness (QED) is 0.763. The molecular weight excluding hydrogens is 288 g/mol. The van der Waals surface area contributed by atoms with Gasteiger partial charge in [-0.15, -0.1) is 0 Å². The molecule has 0 radical (unpaired) electrons. The summed E-state index contributed by atoms with van der Waals surface area (Å²) in [7, 11) is -1.79. The van der Waals surface area contributed by atoms with E-state index in [1.807, 2.05) is 6.92 Å². The van der Waals surface area contributed by atoms with Gasteiger partial charge in [0.05, 0.1) is 4.90 Å². The predicted octanol–water partition coefficient (Wildman–Crippen LogP) is 1.55. The lowest BCUT2D eigenvalue weighted by Gasteiger charge is -2.16. The number of nitrogens with one attached hydrogen (secondary N) is 1. The second-order valence-corrected chi connectivity index (χ2v) is 7.63. The average Bonchev–Trinajstić information content (AvgIpc) is 3.24. The Kier molecular flexibility index (Phi) is 5.03. The van der Waals surface area contributed by atoms with Crippen LogP contribution in [0.3, 0.4) is 0 Å². The first-order valence-electron chi connectivity index (χ1n) is 7.21. The molecule has 0 amide bonds. The van der Waals surface area contributed by atoms with Gasteiger partial charge in [0.2, 0.25) is 10.0 Å². The van der Waals surface area contributed by atoms with Gasteiger partial charge in [0.1, 0.15) is 0 Å². The number of ether oxygens (including phenoxy) is 1. The summed E-state index contributed by atoms with van der Waals surface area (Å²) in [5.41, 5.74) is 7.57. The first-order chi connectivity index (χ1) is 9.92. The summed E-state index contributed by atoms with van der Waals surface area (Å²) in [6.45, 7) is 3.45. The van der Waals surface area contributed by atoms with Crippen molar-refractivity contribution in [2.45, 2.75) is 37.6 Å². The Morgan fingerprint density at radius 1 is 1.38 bits per heavy atom. The molecule has 1 aromatic carbocycles. The standard InChI is InChI=1S/C15H24N2O3S/c1-12-9-14(4-3-13(12)10-16)21(18,19)17-11-15(5-6-15)7-8-20-2/h3-4,9,17H,5-8,10-11,16H2,1-2H3. The molecule has 1 saturated carbocycles. The number of rotatable bonds is 8. The average molecular weight is 312 g/mol. The minimum absolute atomic E-state index is 0.0926. The minimum Gasteiger partial charge on any atom is -0.385 e. The van der Waals surface area contributed by atoms with Crippen LogP contribution in [-0.2, 0) is 21.3 Å².